The second-order valence-corrected chi connectivity index (χ2v) is 1.02. The molecule has 54 valence electrons. The van der Waals surface area contributed by atoms with Crippen LogP contribution >= 0.6 is 0 Å². The van der Waals surface area contributed by atoms with Gasteiger partial charge in [-0.3, -0.25) is 0 Å². The van der Waals surface area contributed by atoms with Crippen molar-refractivity contribution in [3.63, 3.8) is 0 Å². The molecule has 0 spiro atoms. The van der Waals surface area contributed by atoms with E-state index in [1.165, 1.54) is 0 Å². The monoisotopic (exact) mass is 225 g/mol. The summed E-state index contributed by atoms with van der Waals surface area (Å²) in [4.78, 5) is 0. The van der Waals surface area contributed by atoms with Crippen LogP contribution in [0.3, 0.4) is 0 Å². The van der Waals surface area contributed by atoms with Gasteiger partial charge in [0.05, 0.1) is 13.2 Å². The van der Waals surface area contributed by atoms with Crippen molar-refractivity contribution in [2.45, 2.75) is 6.10 Å². The Morgan fingerprint density at radius 3 is 1.20 bits per heavy atom. The van der Waals surface area contributed by atoms with Crippen LogP contribution in [0.25, 0.3) is 0 Å². The van der Waals surface area contributed by atoms with Crippen LogP contribution in [0.2, 0.25) is 0 Å². The van der Waals surface area contributed by atoms with E-state index in [0.29, 0.717) is 0 Å². The van der Waals surface area contributed by atoms with E-state index in [1.54, 1.807) is 0 Å². The van der Waals surface area contributed by atoms with Gasteiger partial charge in [-0.2, -0.15) is 0 Å². The summed E-state index contributed by atoms with van der Waals surface area (Å²) in [6.07, 6.45) is -0.954. The van der Waals surface area contributed by atoms with Gasteiger partial charge in [-0.1, -0.05) is 0 Å². The maximum Gasteiger partial charge on any atom is 2.00 e. The van der Waals surface area contributed by atoms with Crippen molar-refractivity contribution in [1.82, 2.24) is 0 Å². The van der Waals surface area contributed by atoms with Gasteiger partial charge in [-0.05, 0) is 0 Å². The van der Waals surface area contributed by atoms with E-state index in [0.717, 1.165) is 0 Å². The first-order chi connectivity index (χ1) is 2.81. The number of halogens is 2. The Bertz CT molecular complexity index is 40.9. The van der Waals surface area contributed by atoms with Crippen molar-refractivity contribution >= 4 is 37.7 Å². The number of rotatable bonds is 2. The second kappa shape index (κ2) is 22.6. The van der Waals surface area contributed by atoms with Crippen molar-refractivity contribution in [3.8, 4) is 0 Å². The van der Waals surface area contributed by atoms with Gasteiger partial charge in [-0.15, -0.1) is 0 Å². The molecule has 0 amide bonds. The molecule has 0 saturated carbocycles. The zero-order valence-electron chi connectivity index (χ0n) is 5.80. The van der Waals surface area contributed by atoms with E-state index in [9.17, 15) is 0 Å². The molecule has 0 unspecified atom stereocenters. The Kier molecular flexibility index (Phi) is 66.3. The van der Waals surface area contributed by atoms with E-state index < -0.39 is 6.10 Å². The number of hydrogen-bond donors (Lipinski definition) is 3. The van der Waals surface area contributed by atoms with Crippen molar-refractivity contribution in [3.05, 3.63) is 0 Å². The average molecular weight is 226 g/mol. The molecule has 0 aliphatic heterocycles. The summed E-state index contributed by atoms with van der Waals surface area (Å²) in [7, 11) is 0. The van der Waals surface area contributed by atoms with Gasteiger partial charge >= 0.3 is 67.3 Å². The maximum absolute atomic E-state index is 8.17. The smallest absolute Gasteiger partial charge is 1.00 e. The maximum atomic E-state index is 8.17. The van der Waals surface area contributed by atoms with Crippen molar-refractivity contribution in [2.75, 3.05) is 13.2 Å². The molecular formula is C3H8CaCl2NaO3+. The molecule has 0 aliphatic carbocycles. The van der Waals surface area contributed by atoms with Crippen molar-refractivity contribution in [2.24, 2.45) is 0 Å². The van der Waals surface area contributed by atoms with Gasteiger partial charge in [0, 0.05) is 0 Å². The molecule has 0 aromatic carbocycles. The first kappa shape index (κ1) is 29.3. The molecule has 0 rings (SSSR count). The fraction of sp³-hybridized carbons (Fsp3) is 1.00. The van der Waals surface area contributed by atoms with Gasteiger partial charge < -0.3 is 40.1 Å². The molecule has 3 N–H and O–H groups in total. The first-order valence-corrected chi connectivity index (χ1v) is 1.71. The summed E-state index contributed by atoms with van der Waals surface area (Å²) in [5, 5.41) is 24.0. The van der Waals surface area contributed by atoms with Gasteiger partial charge in [0.1, 0.15) is 6.10 Å². The molecule has 0 aromatic rings. The summed E-state index contributed by atoms with van der Waals surface area (Å²) in [5.41, 5.74) is 0. The largest absolute Gasteiger partial charge is 2.00 e. The van der Waals surface area contributed by atoms with Crippen LogP contribution in [0.15, 0.2) is 0 Å². The topological polar surface area (TPSA) is 60.7 Å². The van der Waals surface area contributed by atoms with Gasteiger partial charge in [-0.25, -0.2) is 0 Å². The Morgan fingerprint density at radius 2 is 1.20 bits per heavy atom. The Hall–Kier alpha value is 2.72. The molecule has 0 aromatic heterocycles. The molecule has 3 nitrogen and oxygen atoms in total. The average Bonchev–Trinajstić information content (AvgIpc) is 1.65. The van der Waals surface area contributed by atoms with E-state index in [-0.39, 0.29) is 105 Å². The Labute approximate surface area is 125 Å². The fourth-order valence-corrected chi connectivity index (χ4v) is 0.0577. The predicted octanol–water partition coefficient (Wildman–Crippen LogP) is -11.0. The van der Waals surface area contributed by atoms with E-state index in [4.69, 9.17) is 15.3 Å². The third-order valence-electron chi connectivity index (χ3n) is 0.421. The van der Waals surface area contributed by atoms with Gasteiger partial charge in [0.25, 0.3) is 0 Å². The summed E-state index contributed by atoms with van der Waals surface area (Å²) in [5.74, 6) is 0. The molecule has 7 heteroatoms. The summed E-state index contributed by atoms with van der Waals surface area (Å²) >= 11 is 0. The van der Waals surface area contributed by atoms with E-state index in [2.05, 4.69) is 0 Å². The normalized spacial score (nSPS) is 6.00. The molecule has 0 bridgehead atoms. The van der Waals surface area contributed by atoms with Crippen molar-refractivity contribution in [1.29, 1.82) is 0 Å². The number of hydrogen-bond acceptors (Lipinski definition) is 3. The van der Waals surface area contributed by atoms with Crippen LogP contribution in [0.4, 0.5) is 0 Å². The van der Waals surface area contributed by atoms with Crippen LogP contribution in [-0.4, -0.2) is 72.4 Å². The van der Waals surface area contributed by atoms with Gasteiger partial charge in [0.15, 0.2) is 0 Å². The van der Waals surface area contributed by atoms with Crippen LogP contribution in [-0.2, 0) is 0 Å². The molecule has 0 saturated heterocycles. The first-order valence-electron chi connectivity index (χ1n) is 1.71. The SMILES string of the molecule is OCC(O)CO.[Ca+2].[Cl-].[Cl-].[Na+]. The molecule has 0 radical (unpaired) electrons. The van der Waals surface area contributed by atoms with E-state index >= 15 is 0 Å². The quantitative estimate of drug-likeness (QED) is 0.410. The van der Waals surface area contributed by atoms with E-state index in [1.807, 2.05) is 0 Å². The molecule has 0 fully saturated rings. The zero-order valence-corrected chi connectivity index (χ0v) is 11.5. The third-order valence-corrected chi connectivity index (χ3v) is 0.421. The molecule has 10 heavy (non-hydrogen) atoms. The van der Waals surface area contributed by atoms with Crippen LogP contribution in [0.1, 0.15) is 0 Å². The number of aliphatic hydroxyl groups is 3. The fourth-order valence-electron chi connectivity index (χ4n) is 0.0577. The number of aliphatic hydroxyl groups excluding tert-OH is 3. The van der Waals surface area contributed by atoms with Crippen LogP contribution < -0.4 is 54.4 Å². The molecule has 0 aliphatic rings. The molecular weight excluding hydrogens is 218 g/mol. The Morgan fingerprint density at radius 1 is 1.00 bits per heavy atom. The minimum Gasteiger partial charge on any atom is -1.00 e. The summed E-state index contributed by atoms with van der Waals surface area (Å²) < 4.78 is 0. The van der Waals surface area contributed by atoms with Crippen LogP contribution in [0, 0.1) is 0 Å². The van der Waals surface area contributed by atoms with Crippen molar-refractivity contribution < 1.29 is 69.7 Å². The predicted molar refractivity (Wildman–Crippen MR) is 25.9 cm³/mol. The third kappa shape index (κ3) is 22.4. The zero-order chi connectivity index (χ0) is 4.99. The molecule has 0 heterocycles. The summed E-state index contributed by atoms with van der Waals surface area (Å²) in [6, 6.07) is 0. The summed E-state index contributed by atoms with van der Waals surface area (Å²) in [6.45, 7) is -0.729. The van der Waals surface area contributed by atoms with Gasteiger partial charge in [0.2, 0.25) is 0 Å². The standard InChI is InChI=1S/C3H8O3.Ca.2ClH.Na/c4-1-3(6)2-5;;;;/h3-6H,1-2H2;;2*1H;/q;+2;;;+1/p-2. The minimum atomic E-state index is -0.954. The molecule has 0 atom stereocenters. The second-order valence-electron chi connectivity index (χ2n) is 1.02. The van der Waals surface area contributed by atoms with Crippen LogP contribution in [0.5, 0.6) is 0 Å². The Balaban J connectivity index is -0.0000000208. The minimum absolute atomic E-state index is 0.